The van der Waals surface area contributed by atoms with Crippen molar-refractivity contribution in [3.8, 4) is 6.07 Å². The minimum atomic E-state index is 0.676. The highest BCUT2D eigenvalue weighted by Gasteiger charge is 2.10. The number of nitriles is 1. The van der Waals surface area contributed by atoms with Gasteiger partial charge in [0.1, 0.15) is 0 Å². The first kappa shape index (κ1) is 6.70. The summed E-state index contributed by atoms with van der Waals surface area (Å²) in [5.41, 5.74) is 0. The molecule has 0 spiro atoms. The average Bonchev–Trinajstić information content (AvgIpc) is 2.34. The van der Waals surface area contributed by atoms with E-state index in [4.69, 9.17) is 5.26 Å². The second kappa shape index (κ2) is 3.58. The molecule has 1 unspecified atom stereocenters. The first-order valence-corrected chi connectivity index (χ1v) is 4.23. The van der Waals surface area contributed by atoms with Crippen LogP contribution < -0.4 is 0 Å². The second-order valence-corrected chi connectivity index (χ2v) is 3.26. The predicted octanol–water partition coefficient (Wildman–Crippen LogP) is 1.82. The summed E-state index contributed by atoms with van der Waals surface area (Å²) in [6.45, 7) is 0. The van der Waals surface area contributed by atoms with Crippen LogP contribution in [-0.2, 0) is 0 Å². The van der Waals surface area contributed by atoms with Crippen LogP contribution in [0.3, 0.4) is 0 Å². The minimum Gasteiger partial charge on any atom is -0.193 e. The number of allylic oxidation sites excluding steroid dienone is 2. The Morgan fingerprint density at radius 1 is 1.67 bits per heavy atom. The summed E-state index contributed by atoms with van der Waals surface area (Å²) in [6, 6.07) is 2.00. The summed E-state index contributed by atoms with van der Waals surface area (Å²) < 4.78 is 0. The van der Waals surface area contributed by atoms with Crippen molar-refractivity contribution >= 4 is 11.8 Å². The van der Waals surface area contributed by atoms with Gasteiger partial charge in [-0.25, -0.2) is 0 Å². The van der Waals surface area contributed by atoms with Crippen molar-refractivity contribution < 1.29 is 0 Å². The van der Waals surface area contributed by atoms with Crippen LogP contribution in [0.25, 0.3) is 0 Å². The zero-order valence-corrected chi connectivity index (χ0v) is 6.03. The molecule has 2 heteroatoms. The molecular formula is C7H9NS. The van der Waals surface area contributed by atoms with Crippen LogP contribution in [0, 0.1) is 17.2 Å². The van der Waals surface area contributed by atoms with Gasteiger partial charge in [-0.15, -0.1) is 0 Å². The van der Waals surface area contributed by atoms with Gasteiger partial charge in [-0.2, -0.15) is 17.0 Å². The van der Waals surface area contributed by atoms with Crippen molar-refractivity contribution in [3.05, 3.63) is 12.2 Å². The first-order valence-electron chi connectivity index (χ1n) is 3.07. The highest BCUT2D eigenvalue weighted by molar-refractivity contribution is 7.99. The summed E-state index contributed by atoms with van der Waals surface area (Å²) >= 11 is 1.97. The Kier molecular flexibility index (Phi) is 2.66. The van der Waals surface area contributed by atoms with Gasteiger partial charge in [0, 0.05) is 6.08 Å². The van der Waals surface area contributed by atoms with Gasteiger partial charge in [0.2, 0.25) is 0 Å². The zero-order valence-electron chi connectivity index (χ0n) is 5.21. The van der Waals surface area contributed by atoms with Crippen molar-refractivity contribution in [2.45, 2.75) is 6.42 Å². The third kappa shape index (κ3) is 2.11. The monoisotopic (exact) mass is 139 g/mol. The van der Waals surface area contributed by atoms with Crippen LogP contribution in [0.15, 0.2) is 12.2 Å². The molecule has 0 aromatic rings. The normalized spacial score (nSPS) is 26.8. The highest BCUT2D eigenvalue weighted by atomic mass is 32.2. The smallest absolute Gasteiger partial charge is 0.0908 e. The van der Waals surface area contributed by atoms with E-state index in [1.807, 2.05) is 23.9 Å². The average molecular weight is 139 g/mol. The van der Waals surface area contributed by atoms with Gasteiger partial charge in [0.05, 0.1) is 6.07 Å². The summed E-state index contributed by atoms with van der Waals surface area (Å²) in [4.78, 5) is 0. The maximum Gasteiger partial charge on any atom is 0.0908 e. The van der Waals surface area contributed by atoms with E-state index in [-0.39, 0.29) is 0 Å². The quantitative estimate of drug-likeness (QED) is 0.517. The standard InChI is InChI=1S/C7H9NS/c8-4-1-2-7-3-5-9-6-7/h1-2,7H,3,5-6H2/b2-1+. The highest BCUT2D eigenvalue weighted by Crippen LogP contribution is 2.23. The van der Waals surface area contributed by atoms with E-state index >= 15 is 0 Å². The maximum absolute atomic E-state index is 8.18. The van der Waals surface area contributed by atoms with Crippen LogP contribution >= 0.6 is 11.8 Å². The van der Waals surface area contributed by atoms with E-state index in [1.165, 1.54) is 17.9 Å². The Hall–Kier alpha value is -0.420. The maximum atomic E-state index is 8.18. The van der Waals surface area contributed by atoms with Gasteiger partial charge in [-0.05, 0) is 23.8 Å². The third-order valence-corrected chi connectivity index (χ3v) is 2.60. The van der Waals surface area contributed by atoms with Crippen molar-refractivity contribution in [1.82, 2.24) is 0 Å². The fraction of sp³-hybridized carbons (Fsp3) is 0.571. The van der Waals surface area contributed by atoms with Crippen molar-refractivity contribution in [1.29, 1.82) is 5.26 Å². The van der Waals surface area contributed by atoms with Crippen molar-refractivity contribution in [3.63, 3.8) is 0 Å². The summed E-state index contributed by atoms with van der Waals surface area (Å²) in [6.07, 6.45) is 4.86. The lowest BCUT2D eigenvalue weighted by atomic mass is 10.1. The fourth-order valence-corrected chi connectivity index (χ4v) is 2.10. The van der Waals surface area contributed by atoms with Crippen LogP contribution in [0.1, 0.15) is 6.42 Å². The number of hydrogen-bond donors (Lipinski definition) is 0. The molecule has 1 atom stereocenters. The molecule has 1 nitrogen and oxygen atoms in total. The SMILES string of the molecule is N#C/C=C/C1CCSC1. The molecule has 0 saturated carbocycles. The Bertz CT molecular complexity index is 139. The molecule has 0 aliphatic carbocycles. The first-order chi connectivity index (χ1) is 4.43. The Balaban J connectivity index is 2.28. The predicted molar refractivity (Wildman–Crippen MR) is 40.2 cm³/mol. The molecule has 0 aromatic heterocycles. The molecule has 1 aliphatic rings. The molecule has 0 N–H and O–H groups in total. The molecule has 1 saturated heterocycles. The van der Waals surface area contributed by atoms with Crippen LogP contribution in [0.2, 0.25) is 0 Å². The van der Waals surface area contributed by atoms with E-state index in [2.05, 4.69) is 0 Å². The van der Waals surface area contributed by atoms with E-state index in [1.54, 1.807) is 6.08 Å². The molecule has 1 heterocycles. The van der Waals surface area contributed by atoms with Crippen molar-refractivity contribution in [2.24, 2.45) is 5.92 Å². The van der Waals surface area contributed by atoms with E-state index in [0.717, 1.165) is 0 Å². The molecule has 48 valence electrons. The number of rotatable bonds is 1. The molecule has 9 heavy (non-hydrogen) atoms. The third-order valence-electron chi connectivity index (χ3n) is 1.41. The second-order valence-electron chi connectivity index (χ2n) is 2.11. The van der Waals surface area contributed by atoms with Gasteiger partial charge in [0.15, 0.2) is 0 Å². The Morgan fingerprint density at radius 3 is 3.11 bits per heavy atom. The van der Waals surface area contributed by atoms with Gasteiger partial charge in [-0.1, -0.05) is 6.08 Å². The number of hydrogen-bond acceptors (Lipinski definition) is 2. The lowest BCUT2D eigenvalue weighted by molar-refractivity contribution is 0.748. The topological polar surface area (TPSA) is 23.8 Å². The molecule has 1 aliphatic heterocycles. The summed E-state index contributed by atoms with van der Waals surface area (Å²) in [5, 5.41) is 8.18. The van der Waals surface area contributed by atoms with E-state index in [0.29, 0.717) is 5.92 Å². The zero-order chi connectivity index (χ0) is 6.53. The Labute approximate surface area is 59.7 Å². The molecule has 0 bridgehead atoms. The van der Waals surface area contributed by atoms with Crippen LogP contribution in [0.4, 0.5) is 0 Å². The molecule has 0 amide bonds. The summed E-state index contributed by atoms with van der Waals surface area (Å²) in [7, 11) is 0. The molecule has 1 rings (SSSR count). The van der Waals surface area contributed by atoms with E-state index < -0.39 is 0 Å². The largest absolute Gasteiger partial charge is 0.193 e. The van der Waals surface area contributed by atoms with Crippen molar-refractivity contribution in [2.75, 3.05) is 11.5 Å². The lowest BCUT2D eigenvalue weighted by Crippen LogP contribution is -1.89. The summed E-state index contributed by atoms with van der Waals surface area (Å²) in [5.74, 6) is 3.15. The lowest BCUT2D eigenvalue weighted by Gasteiger charge is -1.94. The molecular weight excluding hydrogens is 130 g/mol. The fourth-order valence-electron chi connectivity index (χ4n) is 0.884. The van der Waals surface area contributed by atoms with Crippen LogP contribution in [-0.4, -0.2) is 11.5 Å². The number of nitrogens with zero attached hydrogens (tertiary/aromatic N) is 1. The molecule has 0 aromatic carbocycles. The van der Waals surface area contributed by atoms with Gasteiger partial charge in [-0.3, -0.25) is 0 Å². The van der Waals surface area contributed by atoms with E-state index in [9.17, 15) is 0 Å². The van der Waals surface area contributed by atoms with Gasteiger partial charge in [0.25, 0.3) is 0 Å². The van der Waals surface area contributed by atoms with Gasteiger partial charge >= 0.3 is 0 Å². The Morgan fingerprint density at radius 2 is 2.56 bits per heavy atom. The van der Waals surface area contributed by atoms with Gasteiger partial charge < -0.3 is 0 Å². The molecule has 1 fully saturated rings. The molecule has 0 radical (unpaired) electrons. The number of thioether (sulfide) groups is 1. The minimum absolute atomic E-state index is 0.676. The van der Waals surface area contributed by atoms with Crippen LogP contribution in [0.5, 0.6) is 0 Å².